The molecule has 0 fully saturated rings. The molecule has 0 aliphatic rings. The van der Waals surface area contributed by atoms with Gasteiger partial charge in [-0.2, -0.15) is 0 Å². The van der Waals surface area contributed by atoms with Gasteiger partial charge in [0.1, 0.15) is 23.0 Å². The van der Waals surface area contributed by atoms with Crippen molar-refractivity contribution in [2.24, 2.45) is 0 Å². The van der Waals surface area contributed by atoms with Crippen LogP contribution in [0.15, 0.2) is 36.4 Å². The first-order valence-electron chi connectivity index (χ1n) is 10.0. The molecule has 0 bridgehead atoms. The van der Waals surface area contributed by atoms with Crippen LogP contribution in [-0.4, -0.2) is 32.6 Å². The predicted molar refractivity (Wildman–Crippen MR) is 118 cm³/mol. The first-order valence-corrected chi connectivity index (χ1v) is 10.0. The van der Waals surface area contributed by atoms with Crippen LogP contribution in [0.25, 0.3) is 0 Å². The van der Waals surface area contributed by atoms with E-state index in [4.69, 9.17) is 4.74 Å². The fourth-order valence-corrected chi connectivity index (χ4v) is 3.87. The fraction of sp³-hybridized carbons (Fsp3) is 0.280. The molecule has 0 atom stereocenters. The molecule has 6 nitrogen and oxygen atoms in total. The average Bonchev–Trinajstić information content (AvgIpc) is 2.75. The smallest absolute Gasteiger partial charge is 0.124 e. The second-order valence-electron chi connectivity index (χ2n) is 7.80. The predicted octanol–water partition coefficient (Wildman–Crippen LogP) is 3.60. The Morgan fingerprint density at radius 3 is 1.39 bits per heavy atom. The summed E-state index contributed by atoms with van der Waals surface area (Å²) < 4.78 is 5.43. The van der Waals surface area contributed by atoms with Crippen LogP contribution in [0.2, 0.25) is 0 Å². The topological polar surface area (TPSA) is 110 Å². The van der Waals surface area contributed by atoms with Crippen LogP contribution in [-0.2, 0) is 26.1 Å². The Kier molecular flexibility index (Phi) is 6.73. The van der Waals surface area contributed by atoms with Gasteiger partial charge in [-0.05, 0) is 60.4 Å². The van der Waals surface area contributed by atoms with Gasteiger partial charge in [-0.1, -0.05) is 12.1 Å². The van der Waals surface area contributed by atoms with Crippen LogP contribution < -0.4 is 4.74 Å². The standard InChI is InChI=1S/C25H28O6/c1-14-4-16(8-20(12-26)23(14)28)6-18-10-22(31-3)11-19(25(18)30)7-17-5-15(2)24(29)21(9-17)13-27/h4-5,8-11,26-30H,6-7,12-13H2,1-3H3. The summed E-state index contributed by atoms with van der Waals surface area (Å²) in [5.41, 5.74) is 5.18. The third-order valence-corrected chi connectivity index (χ3v) is 5.49. The minimum Gasteiger partial charge on any atom is -0.507 e. The van der Waals surface area contributed by atoms with Gasteiger partial charge in [0.05, 0.1) is 20.3 Å². The minimum absolute atomic E-state index is 0.0733. The van der Waals surface area contributed by atoms with Gasteiger partial charge >= 0.3 is 0 Å². The zero-order chi connectivity index (χ0) is 22.7. The Hall–Kier alpha value is -3.22. The molecule has 3 rings (SSSR count). The van der Waals surface area contributed by atoms with E-state index in [0.29, 0.717) is 52.0 Å². The molecular formula is C25H28O6. The Bertz CT molecular complexity index is 1020. The molecule has 0 aliphatic carbocycles. The number of ether oxygens (including phenoxy) is 1. The lowest BCUT2D eigenvalue weighted by Gasteiger charge is -2.15. The van der Waals surface area contributed by atoms with Crippen molar-refractivity contribution in [2.45, 2.75) is 39.9 Å². The molecule has 3 aromatic rings. The number of aryl methyl sites for hydroxylation is 2. The largest absolute Gasteiger partial charge is 0.507 e. The van der Waals surface area contributed by atoms with Gasteiger partial charge in [-0.25, -0.2) is 0 Å². The van der Waals surface area contributed by atoms with Crippen molar-refractivity contribution >= 4 is 0 Å². The highest BCUT2D eigenvalue weighted by Gasteiger charge is 2.15. The maximum absolute atomic E-state index is 11.0. The summed E-state index contributed by atoms with van der Waals surface area (Å²) in [5.74, 6) is 0.875. The lowest BCUT2D eigenvalue weighted by molar-refractivity contribution is 0.275. The molecule has 3 aromatic carbocycles. The van der Waals surface area contributed by atoms with E-state index in [1.165, 1.54) is 0 Å². The quantitative estimate of drug-likeness (QED) is 0.396. The maximum atomic E-state index is 11.0. The van der Waals surface area contributed by atoms with Crippen molar-refractivity contribution in [2.75, 3.05) is 7.11 Å². The molecule has 0 radical (unpaired) electrons. The van der Waals surface area contributed by atoms with E-state index in [1.807, 2.05) is 12.1 Å². The zero-order valence-electron chi connectivity index (χ0n) is 17.9. The van der Waals surface area contributed by atoms with Crippen molar-refractivity contribution in [3.63, 3.8) is 0 Å². The van der Waals surface area contributed by atoms with Crippen LogP contribution in [0.5, 0.6) is 23.0 Å². The van der Waals surface area contributed by atoms with Gasteiger partial charge in [-0.3, -0.25) is 0 Å². The monoisotopic (exact) mass is 424 g/mol. The summed E-state index contributed by atoms with van der Waals surface area (Å²) in [6.45, 7) is 2.98. The van der Waals surface area contributed by atoms with Crippen LogP contribution in [0, 0.1) is 13.8 Å². The number of aliphatic hydroxyl groups excluding tert-OH is 2. The molecule has 5 N–H and O–H groups in total. The molecule has 0 unspecified atom stereocenters. The summed E-state index contributed by atoms with van der Waals surface area (Å²) >= 11 is 0. The summed E-state index contributed by atoms with van der Waals surface area (Å²) in [6.07, 6.45) is 0.779. The Balaban J connectivity index is 2.01. The molecule has 0 heterocycles. The van der Waals surface area contributed by atoms with Crippen LogP contribution in [0.3, 0.4) is 0 Å². The molecule has 0 saturated heterocycles. The number of benzene rings is 3. The minimum atomic E-state index is -0.275. The molecular weight excluding hydrogens is 396 g/mol. The normalized spacial score (nSPS) is 11.0. The van der Waals surface area contributed by atoms with E-state index in [9.17, 15) is 25.5 Å². The number of methoxy groups -OCH3 is 1. The molecule has 0 spiro atoms. The van der Waals surface area contributed by atoms with Crippen LogP contribution in [0.4, 0.5) is 0 Å². The first kappa shape index (κ1) is 22.5. The maximum Gasteiger partial charge on any atom is 0.124 e. The number of phenols is 3. The highest BCUT2D eigenvalue weighted by Crippen LogP contribution is 2.34. The van der Waals surface area contributed by atoms with Crippen molar-refractivity contribution in [1.82, 2.24) is 0 Å². The highest BCUT2D eigenvalue weighted by molar-refractivity contribution is 5.52. The Morgan fingerprint density at radius 1 is 0.613 bits per heavy atom. The summed E-state index contributed by atoms with van der Waals surface area (Å²) in [7, 11) is 1.56. The van der Waals surface area contributed by atoms with E-state index in [-0.39, 0.29) is 30.5 Å². The lowest BCUT2D eigenvalue weighted by atomic mass is 9.94. The molecule has 31 heavy (non-hydrogen) atoms. The number of phenolic OH excluding ortho intramolecular Hbond substituents is 1. The van der Waals surface area contributed by atoms with E-state index >= 15 is 0 Å². The fourth-order valence-electron chi connectivity index (χ4n) is 3.87. The van der Waals surface area contributed by atoms with E-state index < -0.39 is 0 Å². The number of hydrogen-bond donors (Lipinski definition) is 5. The van der Waals surface area contributed by atoms with E-state index in [1.54, 1.807) is 45.2 Å². The van der Waals surface area contributed by atoms with E-state index in [2.05, 4.69) is 0 Å². The molecule has 0 amide bonds. The summed E-state index contributed by atoms with van der Waals surface area (Å²) in [5, 5.41) is 50.1. The van der Waals surface area contributed by atoms with Gasteiger partial charge in [0.25, 0.3) is 0 Å². The molecule has 164 valence electrons. The highest BCUT2D eigenvalue weighted by atomic mass is 16.5. The van der Waals surface area contributed by atoms with Crippen molar-refractivity contribution in [3.05, 3.63) is 80.9 Å². The van der Waals surface area contributed by atoms with Crippen molar-refractivity contribution in [3.8, 4) is 23.0 Å². The number of aromatic hydroxyl groups is 3. The van der Waals surface area contributed by atoms with Crippen LogP contribution in [0.1, 0.15) is 44.5 Å². The lowest BCUT2D eigenvalue weighted by Crippen LogP contribution is -1.99. The Morgan fingerprint density at radius 2 is 1.03 bits per heavy atom. The van der Waals surface area contributed by atoms with Gasteiger partial charge in [0.2, 0.25) is 0 Å². The molecule has 0 saturated carbocycles. The van der Waals surface area contributed by atoms with E-state index in [0.717, 1.165) is 11.1 Å². The average molecular weight is 424 g/mol. The van der Waals surface area contributed by atoms with Gasteiger partial charge < -0.3 is 30.3 Å². The Labute approximate surface area is 181 Å². The second-order valence-corrected chi connectivity index (χ2v) is 7.80. The third-order valence-electron chi connectivity index (χ3n) is 5.49. The number of rotatable bonds is 7. The summed E-state index contributed by atoms with van der Waals surface area (Å²) in [6, 6.07) is 10.6. The number of hydrogen-bond acceptors (Lipinski definition) is 6. The molecule has 0 aromatic heterocycles. The zero-order valence-corrected chi connectivity index (χ0v) is 17.9. The third kappa shape index (κ3) is 4.76. The molecule has 6 heteroatoms. The first-order chi connectivity index (χ1) is 14.8. The van der Waals surface area contributed by atoms with Crippen LogP contribution >= 0.6 is 0 Å². The van der Waals surface area contributed by atoms with Gasteiger partial charge in [0, 0.05) is 35.1 Å². The van der Waals surface area contributed by atoms with Crippen molar-refractivity contribution in [1.29, 1.82) is 0 Å². The second kappa shape index (κ2) is 9.29. The molecule has 0 aliphatic heterocycles. The summed E-state index contributed by atoms with van der Waals surface area (Å²) in [4.78, 5) is 0. The van der Waals surface area contributed by atoms with Gasteiger partial charge in [0.15, 0.2) is 0 Å². The van der Waals surface area contributed by atoms with Gasteiger partial charge in [-0.15, -0.1) is 0 Å². The van der Waals surface area contributed by atoms with Crippen molar-refractivity contribution < 1.29 is 30.3 Å². The SMILES string of the molecule is COc1cc(Cc2cc(C)c(O)c(CO)c2)c(O)c(Cc2cc(C)c(O)c(CO)c2)c1. The number of aliphatic hydroxyl groups is 2.